The Morgan fingerprint density at radius 3 is 2.52 bits per heavy atom. The highest BCUT2D eigenvalue weighted by atomic mass is 16.7. The molecule has 3 rings (SSSR count). The Morgan fingerprint density at radius 2 is 1.84 bits per heavy atom. The summed E-state index contributed by atoms with van der Waals surface area (Å²) in [5.74, 6) is 1.77. The Kier molecular flexibility index (Phi) is 5.20. The number of amides is 1. The molecule has 6 nitrogen and oxygen atoms in total. The molecule has 2 aliphatic heterocycles. The molecular weight excluding hydrogens is 318 g/mol. The molecule has 1 fully saturated rings. The number of nitrogens with zero attached hydrogens (tertiary/aromatic N) is 2. The van der Waals surface area contributed by atoms with Gasteiger partial charge in [-0.2, -0.15) is 0 Å². The molecule has 1 N–H and O–H groups in total. The van der Waals surface area contributed by atoms with Crippen molar-refractivity contribution in [3.05, 3.63) is 23.8 Å². The topological polar surface area (TPSA) is 54.0 Å². The van der Waals surface area contributed by atoms with Crippen molar-refractivity contribution in [1.82, 2.24) is 15.1 Å². The Hall–Kier alpha value is -1.79. The number of hydrogen-bond acceptors (Lipinski definition) is 5. The Balaban J connectivity index is 1.49. The van der Waals surface area contributed by atoms with Gasteiger partial charge in [-0.05, 0) is 45.4 Å². The zero-order chi connectivity index (χ0) is 18.0. The first kappa shape index (κ1) is 18.0. The third-order valence-corrected chi connectivity index (χ3v) is 4.68. The van der Waals surface area contributed by atoms with Gasteiger partial charge in [-0.3, -0.25) is 14.6 Å². The molecule has 2 heterocycles. The number of benzene rings is 1. The van der Waals surface area contributed by atoms with E-state index in [2.05, 4.69) is 27.2 Å². The maximum atomic E-state index is 12.3. The van der Waals surface area contributed by atoms with Gasteiger partial charge in [0.2, 0.25) is 12.7 Å². The summed E-state index contributed by atoms with van der Waals surface area (Å²) in [5, 5.41) is 3.07. The monoisotopic (exact) mass is 347 g/mol. The maximum Gasteiger partial charge on any atom is 0.237 e. The van der Waals surface area contributed by atoms with Gasteiger partial charge in [0, 0.05) is 38.3 Å². The fourth-order valence-electron chi connectivity index (χ4n) is 3.25. The van der Waals surface area contributed by atoms with Crippen LogP contribution >= 0.6 is 0 Å². The molecule has 1 amide bonds. The fourth-order valence-corrected chi connectivity index (χ4v) is 3.25. The van der Waals surface area contributed by atoms with Crippen molar-refractivity contribution in [2.24, 2.45) is 0 Å². The number of rotatable bonds is 4. The van der Waals surface area contributed by atoms with Gasteiger partial charge >= 0.3 is 0 Å². The SMILES string of the molecule is CC(C(=O)NC(C)(C)C)N1CCN(Cc2ccc3c(c2)OCO3)CC1. The van der Waals surface area contributed by atoms with E-state index in [9.17, 15) is 4.79 Å². The normalized spacial score (nSPS) is 19.7. The summed E-state index contributed by atoms with van der Waals surface area (Å²) in [4.78, 5) is 17.0. The molecule has 6 heteroatoms. The molecule has 1 aromatic carbocycles. The summed E-state index contributed by atoms with van der Waals surface area (Å²) in [6.07, 6.45) is 0. The highest BCUT2D eigenvalue weighted by molar-refractivity contribution is 5.81. The summed E-state index contributed by atoms with van der Waals surface area (Å²) < 4.78 is 10.8. The zero-order valence-electron chi connectivity index (χ0n) is 15.7. The van der Waals surface area contributed by atoms with Gasteiger partial charge in [-0.15, -0.1) is 0 Å². The number of fused-ring (bicyclic) bond motifs is 1. The van der Waals surface area contributed by atoms with Crippen molar-refractivity contribution in [2.75, 3.05) is 33.0 Å². The van der Waals surface area contributed by atoms with Crippen LogP contribution in [0.15, 0.2) is 18.2 Å². The molecule has 1 saturated heterocycles. The predicted molar refractivity (Wildman–Crippen MR) is 96.8 cm³/mol. The van der Waals surface area contributed by atoms with Gasteiger partial charge in [-0.25, -0.2) is 0 Å². The van der Waals surface area contributed by atoms with Crippen molar-refractivity contribution < 1.29 is 14.3 Å². The predicted octanol–water partition coefficient (Wildman–Crippen LogP) is 1.84. The molecule has 25 heavy (non-hydrogen) atoms. The van der Waals surface area contributed by atoms with E-state index in [0.717, 1.165) is 44.2 Å². The van der Waals surface area contributed by atoms with Gasteiger partial charge in [-0.1, -0.05) is 6.07 Å². The van der Waals surface area contributed by atoms with Crippen LogP contribution in [0.25, 0.3) is 0 Å². The van der Waals surface area contributed by atoms with Gasteiger partial charge in [0.15, 0.2) is 11.5 Å². The quantitative estimate of drug-likeness (QED) is 0.901. The average molecular weight is 347 g/mol. The van der Waals surface area contributed by atoms with E-state index in [1.807, 2.05) is 33.8 Å². The lowest BCUT2D eigenvalue weighted by molar-refractivity contribution is -0.128. The summed E-state index contributed by atoms with van der Waals surface area (Å²) in [7, 11) is 0. The second-order valence-corrected chi connectivity index (χ2v) is 7.91. The number of piperazine rings is 1. The average Bonchev–Trinajstić information content (AvgIpc) is 3.01. The lowest BCUT2D eigenvalue weighted by atomic mass is 10.1. The first-order chi connectivity index (χ1) is 11.8. The van der Waals surface area contributed by atoms with Crippen LogP contribution in [0.3, 0.4) is 0 Å². The van der Waals surface area contributed by atoms with Crippen LogP contribution in [0.4, 0.5) is 0 Å². The second-order valence-electron chi connectivity index (χ2n) is 7.91. The first-order valence-corrected chi connectivity index (χ1v) is 8.99. The fraction of sp³-hybridized carbons (Fsp3) is 0.632. The third-order valence-electron chi connectivity index (χ3n) is 4.68. The number of carbonyl (C=O) groups is 1. The van der Waals surface area contributed by atoms with Gasteiger partial charge < -0.3 is 14.8 Å². The minimum absolute atomic E-state index is 0.0908. The van der Waals surface area contributed by atoms with Gasteiger partial charge in [0.1, 0.15) is 0 Å². The van der Waals surface area contributed by atoms with E-state index < -0.39 is 0 Å². The Bertz CT molecular complexity index is 619. The van der Waals surface area contributed by atoms with Crippen LogP contribution in [-0.4, -0.2) is 60.3 Å². The van der Waals surface area contributed by atoms with Crippen LogP contribution in [-0.2, 0) is 11.3 Å². The van der Waals surface area contributed by atoms with Crippen LogP contribution < -0.4 is 14.8 Å². The van der Waals surface area contributed by atoms with Gasteiger partial charge in [0.05, 0.1) is 6.04 Å². The van der Waals surface area contributed by atoms with Crippen LogP contribution in [0, 0.1) is 0 Å². The third kappa shape index (κ3) is 4.64. The number of carbonyl (C=O) groups excluding carboxylic acids is 1. The van der Waals surface area contributed by atoms with E-state index in [1.165, 1.54) is 5.56 Å². The van der Waals surface area contributed by atoms with Crippen molar-refractivity contribution >= 4 is 5.91 Å². The van der Waals surface area contributed by atoms with Crippen LogP contribution in [0.1, 0.15) is 33.3 Å². The minimum Gasteiger partial charge on any atom is -0.454 e. The molecule has 0 aromatic heterocycles. The summed E-state index contributed by atoms with van der Waals surface area (Å²) >= 11 is 0. The number of hydrogen-bond donors (Lipinski definition) is 1. The summed E-state index contributed by atoms with van der Waals surface area (Å²) in [5.41, 5.74) is 1.04. The van der Waals surface area contributed by atoms with E-state index in [-0.39, 0.29) is 17.5 Å². The molecule has 2 aliphatic rings. The van der Waals surface area contributed by atoms with Crippen molar-refractivity contribution in [1.29, 1.82) is 0 Å². The second kappa shape index (κ2) is 7.22. The molecule has 0 bridgehead atoms. The molecule has 1 aromatic rings. The van der Waals surface area contributed by atoms with Crippen LogP contribution in [0.5, 0.6) is 11.5 Å². The molecule has 0 spiro atoms. The van der Waals surface area contributed by atoms with Crippen molar-refractivity contribution in [2.45, 2.75) is 45.8 Å². The van der Waals surface area contributed by atoms with E-state index in [0.29, 0.717) is 6.79 Å². The summed E-state index contributed by atoms with van der Waals surface area (Å²) in [6.45, 7) is 13.0. The highest BCUT2D eigenvalue weighted by Crippen LogP contribution is 2.32. The van der Waals surface area contributed by atoms with Gasteiger partial charge in [0.25, 0.3) is 0 Å². The Morgan fingerprint density at radius 1 is 1.16 bits per heavy atom. The molecule has 138 valence electrons. The molecule has 1 unspecified atom stereocenters. The van der Waals surface area contributed by atoms with Crippen molar-refractivity contribution in [3.8, 4) is 11.5 Å². The van der Waals surface area contributed by atoms with Crippen LogP contribution in [0.2, 0.25) is 0 Å². The highest BCUT2D eigenvalue weighted by Gasteiger charge is 2.27. The smallest absolute Gasteiger partial charge is 0.237 e. The molecule has 0 saturated carbocycles. The molecule has 0 radical (unpaired) electrons. The molecule has 0 aliphatic carbocycles. The number of nitrogens with one attached hydrogen (secondary N) is 1. The Labute approximate surface area is 150 Å². The molecular formula is C19H29N3O3. The maximum absolute atomic E-state index is 12.3. The lowest BCUT2D eigenvalue weighted by Crippen LogP contribution is -2.56. The first-order valence-electron chi connectivity index (χ1n) is 8.99. The minimum atomic E-state index is -0.188. The van der Waals surface area contributed by atoms with E-state index in [4.69, 9.17) is 9.47 Å². The number of ether oxygens (including phenoxy) is 2. The summed E-state index contributed by atoms with van der Waals surface area (Å²) in [6, 6.07) is 6.05. The molecule has 1 atom stereocenters. The largest absolute Gasteiger partial charge is 0.454 e. The zero-order valence-corrected chi connectivity index (χ0v) is 15.7. The standard InChI is InChI=1S/C19H29N3O3/c1-14(18(23)20-19(2,3)4)22-9-7-21(8-10-22)12-15-5-6-16-17(11-15)25-13-24-16/h5-6,11,14H,7-10,12-13H2,1-4H3,(H,20,23). The lowest BCUT2D eigenvalue weighted by Gasteiger charge is -2.38. The van der Waals surface area contributed by atoms with E-state index in [1.54, 1.807) is 0 Å². The van der Waals surface area contributed by atoms with E-state index >= 15 is 0 Å². The van der Waals surface area contributed by atoms with Crippen molar-refractivity contribution in [3.63, 3.8) is 0 Å².